The van der Waals surface area contributed by atoms with Crippen LogP contribution in [0.1, 0.15) is 23.0 Å². The highest BCUT2D eigenvalue weighted by atomic mass is 19.1. The minimum Gasteiger partial charge on any atom is -0.321 e. The van der Waals surface area contributed by atoms with Gasteiger partial charge in [0, 0.05) is 11.9 Å². The van der Waals surface area contributed by atoms with Crippen molar-refractivity contribution >= 4 is 11.6 Å². The molecule has 5 heteroatoms. The van der Waals surface area contributed by atoms with Crippen molar-refractivity contribution in [3.05, 3.63) is 77.9 Å². The molecule has 1 N–H and O–H groups in total. The molecule has 23 heavy (non-hydrogen) atoms. The molecular weight excluding hydrogens is 293 g/mol. The summed E-state index contributed by atoms with van der Waals surface area (Å²) in [5.41, 5.74) is 2.39. The van der Waals surface area contributed by atoms with Crippen LogP contribution in [-0.4, -0.2) is 15.7 Å². The Hall–Kier alpha value is -2.95. The third-order valence-corrected chi connectivity index (χ3v) is 3.51. The van der Waals surface area contributed by atoms with E-state index in [1.54, 1.807) is 30.5 Å². The molecule has 0 unspecified atom stereocenters. The number of benzene rings is 2. The van der Waals surface area contributed by atoms with Gasteiger partial charge in [-0.25, -0.2) is 9.07 Å². The Morgan fingerprint density at radius 3 is 2.78 bits per heavy atom. The van der Waals surface area contributed by atoms with E-state index in [2.05, 4.69) is 17.3 Å². The van der Waals surface area contributed by atoms with Crippen molar-refractivity contribution in [3.8, 4) is 5.69 Å². The molecular formula is C18H16FN3O. The number of aryl methyl sites for hydroxylation is 1. The molecule has 3 rings (SSSR count). The smallest absolute Gasteiger partial charge is 0.276 e. The number of nitrogens with one attached hydrogen (secondary N) is 1. The van der Waals surface area contributed by atoms with Crippen LogP contribution in [0.3, 0.4) is 0 Å². The molecule has 0 saturated heterocycles. The summed E-state index contributed by atoms with van der Waals surface area (Å²) < 4.78 is 15.1. The molecule has 116 valence electrons. The van der Waals surface area contributed by atoms with Gasteiger partial charge in [-0.15, -0.1) is 0 Å². The first-order valence-electron chi connectivity index (χ1n) is 7.38. The summed E-state index contributed by atoms with van der Waals surface area (Å²) in [6, 6.07) is 15.5. The number of anilines is 1. The summed E-state index contributed by atoms with van der Waals surface area (Å²) in [7, 11) is 0. The van der Waals surface area contributed by atoms with E-state index in [9.17, 15) is 9.18 Å². The Balaban J connectivity index is 1.80. The SMILES string of the molecule is CCc1cccc(NC(=O)c2ccn(-c3ccccc3F)n2)c1. The van der Waals surface area contributed by atoms with Gasteiger partial charge in [0.2, 0.25) is 0 Å². The molecule has 0 fully saturated rings. The van der Waals surface area contributed by atoms with E-state index in [-0.39, 0.29) is 11.6 Å². The second-order valence-electron chi connectivity index (χ2n) is 5.11. The Kier molecular flexibility index (Phi) is 4.19. The molecule has 2 aromatic carbocycles. The standard InChI is InChI=1S/C18H16FN3O/c1-2-13-6-5-7-14(12-13)20-18(23)16-10-11-22(21-16)17-9-4-3-8-15(17)19/h3-12H,2H2,1H3,(H,20,23). The summed E-state index contributed by atoms with van der Waals surface area (Å²) >= 11 is 0. The van der Waals surface area contributed by atoms with Gasteiger partial charge in [-0.1, -0.05) is 31.2 Å². The van der Waals surface area contributed by atoms with Crippen molar-refractivity contribution in [2.75, 3.05) is 5.32 Å². The highest BCUT2D eigenvalue weighted by molar-refractivity contribution is 6.02. The number of carbonyl (C=O) groups is 1. The van der Waals surface area contributed by atoms with Gasteiger partial charge in [0.25, 0.3) is 5.91 Å². The largest absolute Gasteiger partial charge is 0.321 e. The maximum atomic E-state index is 13.8. The molecule has 1 amide bonds. The lowest BCUT2D eigenvalue weighted by molar-refractivity contribution is 0.102. The topological polar surface area (TPSA) is 46.9 Å². The minimum atomic E-state index is -0.391. The zero-order valence-electron chi connectivity index (χ0n) is 12.7. The number of rotatable bonds is 4. The zero-order valence-corrected chi connectivity index (χ0v) is 12.7. The van der Waals surface area contributed by atoms with Gasteiger partial charge in [-0.05, 0) is 42.3 Å². The van der Waals surface area contributed by atoms with Crippen molar-refractivity contribution < 1.29 is 9.18 Å². The number of carbonyl (C=O) groups excluding carboxylic acids is 1. The predicted molar refractivity (Wildman–Crippen MR) is 87.3 cm³/mol. The van der Waals surface area contributed by atoms with Crippen molar-refractivity contribution in [2.45, 2.75) is 13.3 Å². The lowest BCUT2D eigenvalue weighted by Gasteiger charge is -2.05. The van der Waals surface area contributed by atoms with E-state index in [0.717, 1.165) is 17.7 Å². The monoisotopic (exact) mass is 309 g/mol. The highest BCUT2D eigenvalue weighted by Gasteiger charge is 2.12. The molecule has 0 atom stereocenters. The summed E-state index contributed by atoms with van der Waals surface area (Å²) in [4.78, 5) is 12.3. The summed E-state index contributed by atoms with van der Waals surface area (Å²) in [5.74, 6) is -0.716. The Morgan fingerprint density at radius 1 is 1.17 bits per heavy atom. The molecule has 1 heterocycles. The first-order valence-corrected chi connectivity index (χ1v) is 7.38. The van der Waals surface area contributed by atoms with Gasteiger partial charge >= 0.3 is 0 Å². The number of halogens is 1. The summed E-state index contributed by atoms with van der Waals surface area (Å²) in [5, 5.41) is 6.95. The molecule has 0 saturated carbocycles. The Bertz CT molecular complexity index is 842. The van der Waals surface area contributed by atoms with Crippen LogP contribution >= 0.6 is 0 Å². The number of hydrogen-bond donors (Lipinski definition) is 1. The lowest BCUT2D eigenvalue weighted by Crippen LogP contribution is -2.13. The molecule has 0 bridgehead atoms. The average molecular weight is 309 g/mol. The molecule has 1 aromatic heterocycles. The maximum absolute atomic E-state index is 13.8. The van der Waals surface area contributed by atoms with Crippen LogP contribution in [0.5, 0.6) is 0 Å². The van der Waals surface area contributed by atoms with Crippen molar-refractivity contribution in [1.29, 1.82) is 0 Å². The maximum Gasteiger partial charge on any atom is 0.276 e. The van der Waals surface area contributed by atoms with E-state index in [0.29, 0.717) is 5.69 Å². The quantitative estimate of drug-likeness (QED) is 0.796. The van der Waals surface area contributed by atoms with Gasteiger partial charge in [0.15, 0.2) is 5.69 Å². The Labute approximate surface area is 133 Å². The molecule has 3 aromatic rings. The third-order valence-electron chi connectivity index (χ3n) is 3.51. The van der Waals surface area contributed by atoms with Crippen LogP contribution in [0.2, 0.25) is 0 Å². The fraction of sp³-hybridized carbons (Fsp3) is 0.111. The van der Waals surface area contributed by atoms with E-state index >= 15 is 0 Å². The van der Waals surface area contributed by atoms with Gasteiger partial charge in [-0.3, -0.25) is 4.79 Å². The third kappa shape index (κ3) is 3.29. The number of nitrogens with zero attached hydrogens (tertiary/aromatic N) is 2. The number of para-hydroxylation sites is 1. The second kappa shape index (κ2) is 6.44. The first-order chi connectivity index (χ1) is 11.2. The molecule has 0 aliphatic rings. The van der Waals surface area contributed by atoms with Crippen LogP contribution in [0.15, 0.2) is 60.8 Å². The number of hydrogen-bond acceptors (Lipinski definition) is 2. The van der Waals surface area contributed by atoms with Crippen LogP contribution < -0.4 is 5.32 Å². The predicted octanol–water partition coefficient (Wildman–Crippen LogP) is 3.83. The lowest BCUT2D eigenvalue weighted by atomic mass is 10.1. The molecule has 4 nitrogen and oxygen atoms in total. The Morgan fingerprint density at radius 2 is 2.00 bits per heavy atom. The first kappa shape index (κ1) is 15.0. The minimum absolute atomic E-state index is 0.232. The van der Waals surface area contributed by atoms with Crippen LogP contribution in [-0.2, 0) is 6.42 Å². The van der Waals surface area contributed by atoms with Crippen LogP contribution in [0, 0.1) is 5.82 Å². The van der Waals surface area contributed by atoms with E-state index < -0.39 is 5.82 Å². The normalized spacial score (nSPS) is 10.5. The fourth-order valence-corrected chi connectivity index (χ4v) is 2.28. The zero-order chi connectivity index (χ0) is 16.2. The fourth-order valence-electron chi connectivity index (χ4n) is 2.28. The number of amides is 1. The van der Waals surface area contributed by atoms with Crippen LogP contribution in [0.4, 0.5) is 10.1 Å². The number of aromatic nitrogens is 2. The highest BCUT2D eigenvalue weighted by Crippen LogP contribution is 2.14. The molecule has 0 radical (unpaired) electrons. The van der Waals surface area contributed by atoms with E-state index in [1.807, 2.05) is 24.3 Å². The molecule has 0 aliphatic heterocycles. The van der Waals surface area contributed by atoms with E-state index in [4.69, 9.17) is 0 Å². The molecule has 0 aliphatic carbocycles. The van der Waals surface area contributed by atoms with Crippen molar-refractivity contribution in [2.24, 2.45) is 0 Å². The van der Waals surface area contributed by atoms with Gasteiger partial charge in [0.05, 0.1) is 0 Å². The second-order valence-corrected chi connectivity index (χ2v) is 5.11. The van der Waals surface area contributed by atoms with Gasteiger partial charge in [-0.2, -0.15) is 5.10 Å². The van der Waals surface area contributed by atoms with Gasteiger partial charge in [0.1, 0.15) is 11.5 Å². The average Bonchev–Trinajstić information content (AvgIpc) is 3.05. The summed E-state index contributed by atoms with van der Waals surface area (Å²) in [6.45, 7) is 2.05. The van der Waals surface area contributed by atoms with Crippen LogP contribution in [0.25, 0.3) is 5.69 Å². The van der Waals surface area contributed by atoms with Crippen molar-refractivity contribution in [1.82, 2.24) is 9.78 Å². The van der Waals surface area contributed by atoms with Gasteiger partial charge < -0.3 is 5.32 Å². The molecule has 0 spiro atoms. The summed E-state index contributed by atoms with van der Waals surface area (Å²) in [6.07, 6.45) is 2.46. The van der Waals surface area contributed by atoms with E-state index in [1.165, 1.54) is 10.7 Å². The van der Waals surface area contributed by atoms with Crippen molar-refractivity contribution in [3.63, 3.8) is 0 Å².